The predicted molar refractivity (Wildman–Crippen MR) is 85.8 cm³/mol. The summed E-state index contributed by atoms with van der Waals surface area (Å²) in [4.78, 5) is 11.4. The lowest BCUT2D eigenvalue weighted by Gasteiger charge is -2.08. The second kappa shape index (κ2) is 6.53. The fourth-order valence-corrected chi connectivity index (χ4v) is 2.15. The van der Waals surface area contributed by atoms with Crippen molar-refractivity contribution >= 4 is 27.7 Å². The van der Waals surface area contributed by atoms with Crippen molar-refractivity contribution in [2.75, 3.05) is 6.26 Å². The lowest BCUT2D eigenvalue weighted by Crippen LogP contribution is -2.02. The van der Waals surface area contributed by atoms with Crippen LogP contribution in [-0.4, -0.2) is 26.7 Å². The molecule has 0 aliphatic heterocycles. The van der Waals surface area contributed by atoms with Gasteiger partial charge < -0.3 is 0 Å². The van der Waals surface area contributed by atoms with E-state index in [4.69, 9.17) is 0 Å². The van der Waals surface area contributed by atoms with Crippen molar-refractivity contribution in [2.45, 2.75) is 6.92 Å². The molecule has 0 spiro atoms. The summed E-state index contributed by atoms with van der Waals surface area (Å²) < 4.78 is 26.1. The molecule has 1 aliphatic rings. The largest absolute Gasteiger partial charge is 0.325 e. The van der Waals surface area contributed by atoms with E-state index in [1.54, 1.807) is 24.3 Å². The molecule has 2 rings (SSSR count). The molecular formula is C16H15NO4S. The molecule has 0 atom stereocenters. The molecule has 1 aromatic rings. The number of rotatable bonds is 4. The van der Waals surface area contributed by atoms with Crippen molar-refractivity contribution in [3.05, 3.63) is 65.3 Å². The molecule has 114 valence electrons. The van der Waals surface area contributed by atoms with Gasteiger partial charge in [0.1, 0.15) is 5.71 Å². The van der Waals surface area contributed by atoms with Gasteiger partial charge in [0.25, 0.3) is 0 Å². The minimum absolute atomic E-state index is 0.351. The van der Waals surface area contributed by atoms with E-state index >= 15 is 0 Å². The normalized spacial score (nSPS) is 13.9. The van der Waals surface area contributed by atoms with Gasteiger partial charge in [0.2, 0.25) is 0 Å². The maximum Gasteiger partial charge on any atom is 0.325 e. The van der Waals surface area contributed by atoms with Gasteiger partial charge in [-0.1, -0.05) is 47.1 Å². The molecule has 0 fully saturated rings. The molecule has 0 N–H and O–H groups in total. The third-order valence-corrected chi connectivity index (χ3v) is 3.25. The van der Waals surface area contributed by atoms with Crippen molar-refractivity contribution in [3.63, 3.8) is 0 Å². The lowest BCUT2D eigenvalue weighted by atomic mass is 9.96. The zero-order valence-corrected chi connectivity index (χ0v) is 13.0. The SMILES string of the molecule is Cc1cccc(C(C=O)=C2C=CC(=NOS(C)(=O)=O)C=C2)c1. The Labute approximate surface area is 129 Å². The molecule has 0 bridgehead atoms. The van der Waals surface area contributed by atoms with Crippen LogP contribution in [0.4, 0.5) is 0 Å². The van der Waals surface area contributed by atoms with Crippen LogP contribution in [0.15, 0.2) is 59.3 Å². The molecule has 0 unspecified atom stereocenters. The average molecular weight is 317 g/mol. The van der Waals surface area contributed by atoms with E-state index in [-0.39, 0.29) is 0 Å². The molecule has 0 radical (unpaired) electrons. The molecule has 5 nitrogen and oxygen atoms in total. The molecule has 22 heavy (non-hydrogen) atoms. The minimum Gasteiger partial charge on any atom is -0.298 e. The number of allylic oxidation sites excluding steroid dienone is 6. The second-order valence-corrected chi connectivity index (χ2v) is 6.38. The Morgan fingerprint density at radius 2 is 1.86 bits per heavy atom. The first-order chi connectivity index (χ1) is 10.4. The molecule has 1 aliphatic carbocycles. The van der Waals surface area contributed by atoms with Crippen LogP contribution in [-0.2, 0) is 19.2 Å². The van der Waals surface area contributed by atoms with Gasteiger partial charge in [-0.05, 0) is 30.2 Å². The number of carbonyl (C=O) groups is 1. The molecule has 0 amide bonds. The van der Waals surface area contributed by atoms with Gasteiger partial charge in [0, 0.05) is 5.57 Å². The Morgan fingerprint density at radius 1 is 1.18 bits per heavy atom. The highest BCUT2D eigenvalue weighted by atomic mass is 32.2. The van der Waals surface area contributed by atoms with Crippen molar-refractivity contribution in [3.8, 4) is 0 Å². The Balaban J connectivity index is 2.31. The van der Waals surface area contributed by atoms with Crippen molar-refractivity contribution in [1.82, 2.24) is 0 Å². The topological polar surface area (TPSA) is 72.8 Å². The first-order valence-corrected chi connectivity index (χ1v) is 8.30. The van der Waals surface area contributed by atoms with Crippen LogP contribution in [0.5, 0.6) is 0 Å². The highest BCUT2D eigenvalue weighted by molar-refractivity contribution is 7.85. The number of oxime groups is 1. The van der Waals surface area contributed by atoms with Gasteiger partial charge in [0.15, 0.2) is 6.29 Å². The predicted octanol–water partition coefficient (Wildman–Crippen LogP) is 2.41. The minimum atomic E-state index is -3.63. The molecule has 0 saturated heterocycles. The smallest absolute Gasteiger partial charge is 0.298 e. The zero-order valence-electron chi connectivity index (χ0n) is 12.2. The van der Waals surface area contributed by atoms with E-state index in [2.05, 4.69) is 9.44 Å². The van der Waals surface area contributed by atoms with Gasteiger partial charge in [-0.2, -0.15) is 8.42 Å². The van der Waals surface area contributed by atoms with E-state index in [0.29, 0.717) is 11.3 Å². The summed E-state index contributed by atoms with van der Waals surface area (Å²) >= 11 is 0. The van der Waals surface area contributed by atoms with Gasteiger partial charge in [0.05, 0.1) is 6.26 Å². The van der Waals surface area contributed by atoms with Gasteiger partial charge in [-0.15, -0.1) is 0 Å². The quantitative estimate of drug-likeness (QED) is 0.485. The van der Waals surface area contributed by atoms with Crippen molar-refractivity contribution in [1.29, 1.82) is 0 Å². The highest BCUT2D eigenvalue weighted by Crippen LogP contribution is 2.21. The summed E-state index contributed by atoms with van der Waals surface area (Å²) in [6, 6.07) is 7.63. The summed E-state index contributed by atoms with van der Waals surface area (Å²) in [6.45, 7) is 1.95. The number of carbonyl (C=O) groups excluding carboxylic acids is 1. The Morgan fingerprint density at radius 3 is 2.41 bits per heavy atom. The molecule has 1 aromatic carbocycles. The van der Waals surface area contributed by atoms with E-state index in [0.717, 1.165) is 29.2 Å². The monoisotopic (exact) mass is 317 g/mol. The number of hydrogen-bond acceptors (Lipinski definition) is 5. The van der Waals surface area contributed by atoms with Gasteiger partial charge in [-0.25, -0.2) is 0 Å². The lowest BCUT2D eigenvalue weighted by molar-refractivity contribution is -0.103. The van der Waals surface area contributed by atoms with Crippen molar-refractivity contribution < 1.29 is 17.5 Å². The van der Waals surface area contributed by atoms with Crippen molar-refractivity contribution in [2.24, 2.45) is 5.16 Å². The highest BCUT2D eigenvalue weighted by Gasteiger charge is 2.09. The molecule has 0 heterocycles. The first kappa shape index (κ1) is 15.9. The fraction of sp³-hybridized carbons (Fsp3) is 0.125. The van der Waals surface area contributed by atoms with E-state index < -0.39 is 10.1 Å². The summed E-state index contributed by atoms with van der Waals surface area (Å²) in [5.74, 6) is 0. The Bertz CT molecular complexity index is 796. The van der Waals surface area contributed by atoms with Crippen LogP contribution in [0.25, 0.3) is 5.57 Å². The Kier molecular flexibility index (Phi) is 4.72. The molecule has 6 heteroatoms. The van der Waals surface area contributed by atoms with Crippen LogP contribution < -0.4 is 0 Å². The number of aryl methyl sites for hydroxylation is 1. The van der Waals surface area contributed by atoms with Gasteiger partial charge >= 0.3 is 10.1 Å². The zero-order chi connectivity index (χ0) is 16.2. The van der Waals surface area contributed by atoms with E-state index in [1.165, 1.54) is 0 Å². The number of nitrogens with zero attached hydrogens (tertiary/aromatic N) is 1. The molecule has 0 aromatic heterocycles. The molecule has 0 saturated carbocycles. The maximum atomic E-state index is 11.4. The maximum absolute atomic E-state index is 11.4. The van der Waals surface area contributed by atoms with Crippen LogP contribution in [0.2, 0.25) is 0 Å². The summed E-state index contributed by atoms with van der Waals surface area (Å²) in [6.07, 6.45) is 8.27. The number of hydrogen-bond donors (Lipinski definition) is 0. The third-order valence-electron chi connectivity index (χ3n) is 2.90. The summed E-state index contributed by atoms with van der Waals surface area (Å²) in [5.41, 5.74) is 3.51. The first-order valence-electron chi connectivity index (χ1n) is 6.48. The summed E-state index contributed by atoms with van der Waals surface area (Å²) in [5, 5.41) is 3.51. The fourth-order valence-electron chi connectivity index (χ4n) is 1.93. The van der Waals surface area contributed by atoms with Crippen LogP contribution >= 0.6 is 0 Å². The van der Waals surface area contributed by atoms with Crippen LogP contribution in [0.3, 0.4) is 0 Å². The Hall–Kier alpha value is -2.47. The van der Waals surface area contributed by atoms with E-state index in [1.807, 2.05) is 31.2 Å². The van der Waals surface area contributed by atoms with Crippen LogP contribution in [0, 0.1) is 6.92 Å². The number of benzene rings is 1. The number of aldehydes is 1. The van der Waals surface area contributed by atoms with Crippen LogP contribution in [0.1, 0.15) is 11.1 Å². The second-order valence-electron chi connectivity index (χ2n) is 4.82. The van der Waals surface area contributed by atoms with E-state index in [9.17, 15) is 13.2 Å². The average Bonchev–Trinajstić information content (AvgIpc) is 2.46. The molecular weight excluding hydrogens is 302 g/mol. The summed E-state index contributed by atoms with van der Waals surface area (Å²) in [7, 11) is -3.63. The van der Waals surface area contributed by atoms with Gasteiger partial charge in [-0.3, -0.25) is 9.08 Å². The third kappa shape index (κ3) is 4.26. The standard InChI is InChI=1S/C16H15NO4S/c1-12-4-3-5-14(10-12)16(11-18)13-6-8-15(9-7-13)17-21-22(2,19)20/h3-11H,1-2H3.